The zero-order valence-corrected chi connectivity index (χ0v) is 13.7. The maximum absolute atomic E-state index is 14.1. The predicted octanol–water partition coefficient (Wildman–Crippen LogP) is 4.93. The smallest absolute Gasteiger partial charge is 0.137 e. The van der Waals surface area contributed by atoms with Crippen molar-refractivity contribution in [2.45, 2.75) is 26.3 Å². The number of likely N-dealkylation sites (N-methyl/N-ethyl adjacent to an activating group) is 1. The summed E-state index contributed by atoms with van der Waals surface area (Å²) in [6, 6.07) is 10.3. The van der Waals surface area contributed by atoms with E-state index in [-0.39, 0.29) is 10.5 Å². The van der Waals surface area contributed by atoms with Crippen molar-refractivity contribution >= 4 is 15.9 Å². The Morgan fingerprint density at radius 1 is 1.14 bits per heavy atom. The number of nitrogens with one attached hydrogen (secondary N) is 1. The highest BCUT2D eigenvalue weighted by Gasteiger charge is 2.18. The van der Waals surface area contributed by atoms with E-state index >= 15 is 0 Å². The van der Waals surface area contributed by atoms with Gasteiger partial charge in [0.05, 0.1) is 4.47 Å². The SMILES string of the molecule is CCNC(Cc1cccc(C)c1)c1cc(F)c(Br)cc1F. The third kappa shape index (κ3) is 4.11. The fraction of sp³-hybridized carbons (Fsp3) is 0.294. The predicted molar refractivity (Wildman–Crippen MR) is 85.4 cm³/mol. The third-order valence-corrected chi connectivity index (χ3v) is 4.00. The molecule has 2 aromatic rings. The largest absolute Gasteiger partial charge is 0.310 e. The van der Waals surface area contributed by atoms with Crippen LogP contribution in [0.3, 0.4) is 0 Å². The normalized spacial score (nSPS) is 12.4. The standard InChI is InChI=1S/C17H18BrF2N/c1-3-21-17(8-12-6-4-5-11(2)7-12)13-9-16(20)14(18)10-15(13)19/h4-7,9-10,17,21H,3,8H2,1-2H3. The lowest BCUT2D eigenvalue weighted by Gasteiger charge is -2.20. The average Bonchev–Trinajstić information content (AvgIpc) is 2.42. The van der Waals surface area contributed by atoms with Gasteiger partial charge in [0.1, 0.15) is 11.6 Å². The van der Waals surface area contributed by atoms with Crippen LogP contribution in [0.4, 0.5) is 8.78 Å². The lowest BCUT2D eigenvalue weighted by atomic mass is 9.97. The van der Waals surface area contributed by atoms with Crippen LogP contribution in [0.1, 0.15) is 29.7 Å². The van der Waals surface area contributed by atoms with Gasteiger partial charge in [-0.2, -0.15) is 0 Å². The number of halogens is 3. The van der Waals surface area contributed by atoms with E-state index in [1.165, 1.54) is 12.1 Å². The van der Waals surface area contributed by atoms with Gasteiger partial charge in [0.25, 0.3) is 0 Å². The molecule has 0 aliphatic carbocycles. The van der Waals surface area contributed by atoms with Crippen molar-refractivity contribution in [2.75, 3.05) is 6.54 Å². The van der Waals surface area contributed by atoms with Gasteiger partial charge in [0.15, 0.2) is 0 Å². The van der Waals surface area contributed by atoms with Gasteiger partial charge in [0.2, 0.25) is 0 Å². The molecule has 0 amide bonds. The van der Waals surface area contributed by atoms with Crippen LogP contribution in [0.5, 0.6) is 0 Å². The van der Waals surface area contributed by atoms with Crippen LogP contribution in [-0.2, 0) is 6.42 Å². The molecule has 1 N–H and O–H groups in total. The van der Waals surface area contributed by atoms with E-state index in [0.29, 0.717) is 18.5 Å². The molecular weight excluding hydrogens is 336 g/mol. The fourth-order valence-corrected chi connectivity index (χ4v) is 2.73. The molecule has 0 fully saturated rings. The summed E-state index contributed by atoms with van der Waals surface area (Å²) in [7, 11) is 0. The lowest BCUT2D eigenvalue weighted by molar-refractivity contribution is 0.500. The number of hydrogen-bond acceptors (Lipinski definition) is 1. The molecule has 112 valence electrons. The Labute approximate surface area is 132 Å². The molecule has 0 saturated heterocycles. The first-order valence-electron chi connectivity index (χ1n) is 6.94. The molecule has 0 heterocycles. The molecule has 2 aromatic carbocycles. The molecule has 0 saturated carbocycles. The molecule has 0 spiro atoms. The first kappa shape index (κ1) is 16.1. The monoisotopic (exact) mass is 353 g/mol. The summed E-state index contributed by atoms with van der Waals surface area (Å²) in [5.41, 5.74) is 2.62. The minimum Gasteiger partial charge on any atom is -0.310 e. The third-order valence-electron chi connectivity index (χ3n) is 3.39. The molecule has 21 heavy (non-hydrogen) atoms. The zero-order valence-electron chi connectivity index (χ0n) is 12.1. The van der Waals surface area contributed by atoms with Gasteiger partial charge in [0, 0.05) is 11.6 Å². The molecule has 2 rings (SSSR count). The minimum atomic E-state index is -0.446. The van der Waals surface area contributed by atoms with Crippen LogP contribution in [-0.4, -0.2) is 6.54 Å². The maximum Gasteiger partial charge on any atom is 0.137 e. The second-order valence-electron chi connectivity index (χ2n) is 5.09. The van der Waals surface area contributed by atoms with Crippen molar-refractivity contribution in [1.82, 2.24) is 5.32 Å². The van der Waals surface area contributed by atoms with E-state index in [2.05, 4.69) is 27.3 Å². The second-order valence-corrected chi connectivity index (χ2v) is 5.95. The number of aryl methyl sites for hydroxylation is 1. The Morgan fingerprint density at radius 2 is 1.90 bits per heavy atom. The quantitative estimate of drug-likeness (QED) is 0.751. The Hall–Kier alpha value is -1.26. The first-order valence-corrected chi connectivity index (χ1v) is 7.74. The lowest BCUT2D eigenvalue weighted by Crippen LogP contribution is -2.24. The van der Waals surface area contributed by atoms with Crippen molar-refractivity contribution in [1.29, 1.82) is 0 Å². The summed E-state index contributed by atoms with van der Waals surface area (Å²) in [6.45, 7) is 4.66. The zero-order chi connectivity index (χ0) is 15.4. The highest BCUT2D eigenvalue weighted by atomic mass is 79.9. The van der Waals surface area contributed by atoms with Gasteiger partial charge in [-0.15, -0.1) is 0 Å². The molecular formula is C17H18BrF2N. The van der Waals surface area contributed by atoms with Gasteiger partial charge in [-0.25, -0.2) is 8.78 Å². The van der Waals surface area contributed by atoms with Crippen molar-refractivity contribution < 1.29 is 8.78 Å². The Bertz CT molecular complexity index is 628. The van der Waals surface area contributed by atoms with Crippen LogP contribution in [0.15, 0.2) is 40.9 Å². The summed E-state index contributed by atoms with van der Waals surface area (Å²) >= 11 is 3.01. The molecule has 0 bridgehead atoms. The number of benzene rings is 2. The van der Waals surface area contributed by atoms with Crippen molar-refractivity contribution in [3.05, 3.63) is 69.2 Å². The van der Waals surface area contributed by atoms with Gasteiger partial charge < -0.3 is 5.32 Å². The van der Waals surface area contributed by atoms with Crippen LogP contribution in [0.25, 0.3) is 0 Å². The van der Waals surface area contributed by atoms with Gasteiger partial charge >= 0.3 is 0 Å². The minimum absolute atomic E-state index is 0.148. The van der Waals surface area contributed by atoms with Crippen LogP contribution in [0.2, 0.25) is 0 Å². The van der Waals surface area contributed by atoms with E-state index < -0.39 is 11.6 Å². The molecule has 0 radical (unpaired) electrons. The van der Waals surface area contributed by atoms with Gasteiger partial charge in [-0.05, 0) is 53.5 Å². The van der Waals surface area contributed by atoms with E-state index in [0.717, 1.165) is 11.1 Å². The summed E-state index contributed by atoms with van der Waals surface area (Å²) in [5, 5.41) is 3.23. The summed E-state index contributed by atoms with van der Waals surface area (Å²) in [4.78, 5) is 0. The van der Waals surface area contributed by atoms with Crippen LogP contribution in [0, 0.1) is 18.6 Å². The topological polar surface area (TPSA) is 12.0 Å². The number of rotatable bonds is 5. The fourth-order valence-electron chi connectivity index (χ4n) is 2.42. The number of hydrogen-bond donors (Lipinski definition) is 1. The summed E-state index contributed by atoms with van der Waals surface area (Å²) < 4.78 is 28.0. The van der Waals surface area contributed by atoms with E-state index in [9.17, 15) is 8.78 Å². The highest BCUT2D eigenvalue weighted by Crippen LogP contribution is 2.26. The summed E-state index contributed by atoms with van der Waals surface area (Å²) in [5.74, 6) is -0.847. The Kier molecular flexibility index (Phi) is 5.48. The van der Waals surface area contributed by atoms with E-state index in [4.69, 9.17) is 0 Å². The maximum atomic E-state index is 14.1. The Balaban J connectivity index is 2.33. The second kappa shape index (κ2) is 7.14. The van der Waals surface area contributed by atoms with Crippen molar-refractivity contribution in [3.63, 3.8) is 0 Å². The van der Waals surface area contributed by atoms with Crippen LogP contribution >= 0.6 is 15.9 Å². The van der Waals surface area contributed by atoms with Crippen molar-refractivity contribution in [3.8, 4) is 0 Å². The van der Waals surface area contributed by atoms with Crippen LogP contribution < -0.4 is 5.32 Å². The Morgan fingerprint density at radius 3 is 2.57 bits per heavy atom. The molecule has 4 heteroatoms. The van der Waals surface area contributed by atoms with E-state index in [1.807, 2.05) is 32.0 Å². The first-order chi connectivity index (χ1) is 10.0. The molecule has 0 aromatic heterocycles. The molecule has 1 unspecified atom stereocenters. The summed E-state index contributed by atoms with van der Waals surface area (Å²) in [6.07, 6.45) is 0.619. The van der Waals surface area contributed by atoms with Gasteiger partial charge in [-0.1, -0.05) is 36.8 Å². The van der Waals surface area contributed by atoms with Crippen molar-refractivity contribution in [2.24, 2.45) is 0 Å². The van der Waals surface area contributed by atoms with Gasteiger partial charge in [-0.3, -0.25) is 0 Å². The molecule has 0 aliphatic heterocycles. The molecule has 1 atom stereocenters. The molecule has 0 aliphatic rings. The van der Waals surface area contributed by atoms with E-state index in [1.54, 1.807) is 0 Å². The average molecular weight is 354 g/mol. The highest BCUT2D eigenvalue weighted by molar-refractivity contribution is 9.10. The molecule has 1 nitrogen and oxygen atoms in total.